The zero-order chi connectivity index (χ0) is 42.5. The molecule has 4 aromatic carbocycles. The van der Waals surface area contributed by atoms with E-state index in [9.17, 15) is 0 Å². The number of aromatic nitrogens is 6. The van der Waals surface area contributed by atoms with Gasteiger partial charge in [0.1, 0.15) is 22.9 Å². The normalized spacial score (nSPS) is 11.2. The number of hydrogen-bond acceptors (Lipinski definition) is 10. The molecule has 6 aromatic heterocycles. The molecule has 13 heteroatoms. The van der Waals surface area contributed by atoms with E-state index in [1.807, 2.05) is 52.7 Å². The van der Waals surface area contributed by atoms with Gasteiger partial charge in [-0.05, 0) is 171 Å². The molecule has 0 atom stereocenters. The molecule has 0 fully saturated rings. The second-order valence-corrected chi connectivity index (χ2v) is 17.6. The van der Waals surface area contributed by atoms with Crippen molar-refractivity contribution in [2.75, 3.05) is 31.5 Å². The largest absolute Gasteiger partial charge is 1.00 e. The molecule has 6 heterocycles. The van der Waals surface area contributed by atoms with Gasteiger partial charge in [0.2, 0.25) is 0 Å². The van der Waals surface area contributed by atoms with Crippen LogP contribution in [0.25, 0.3) is 52.6 Å². The average Bonchev–Trinajstić information content (AvgIpc) is 4.06. The number of fused-ring (bicyclic) bond motifs is 4. The number of nitrogens with one attached hydrogen (secondary N) is 1. The molecule has 0 saturated heterocycles. The van der Waals surface area contributed by atoms with Crippen molar-refractivity contribution in [3.05, 3.63) is 143 Å². The molecule has 0 radical (unpaired) electrons. The van der Waals surface area contributed by atoms with Crippen LogP contribution >= 0.6 is 22.7 Å². The molecule has 62 heavy (non-hydrogen) atoms. The van der Waals surface area contributed by atoms with Gasteiger partial charge in [-0.1, -0.05) is 12.1 Å². The van der Waals surface area contributed by atoms with E-state index in [-0.39, 0.29) is 31.0 Å². The molecule has 0 spiro atoms. The number of benzene rings is 4. The summed E-state index contributed by atoms with van der Waals surface area (Å²) in [6.07, 6.45) is 3.79. The minimum Gasteiger partial charge on any atom is -1.00 e. The molecule has 10 nitrogen and oxygen atoms in total. The number of anilines is 4. The molecule has 1 N–H and O–H groups in total. The van der Waals surface area contributed by atoms with Crippen molar-refractivity contribution >= 4 is 77.2 Å². The van der Waals surface area contributed by atoms with E-state index in [2.05, 4.69) is 135 Å². The van der Waals surface area contributed by atoms with Gasteiger partial charge in [-0.25, -0.2) is 19.0 Å². The van der Waals surface area contributed by atoms with Crippen molar-refractivity contribution in [2.24, 2.45) is 0 Å². The molecule has 0 aliphatic heterocycles. The molecule has 308 valence electrons. The van der Waals surface area contributed by atoms with E-state index in [0.29, 0.717) is 0 Å². The van der Waals surface area contributed by atoms with E-state index < -0.39 is 0 Å². The predicted octanol–water partition coefficient (Wildman–Crippen LogP) is 9.72. The van der Waals surface area contributed by atoms with Crippen LogP contribution < -0.4 is 49.2 Å². The average molecular weight is 867 g/mol. The SMILES string of the molecule is COc1cc2cc(-c3cnc4ccc(N(C)c5ccc(C)c(C)c5)nn34)sc2cc1C.COc1cc2cc(-c3cnc4ccc(Nc5ccc(C)c(C)c5)nn34)sc2cc1C.[H-].[Na+]. The summed E-state index contributed by atoms with van der Waals surface area (Å²) in [5, 5.41) is 15.5. The fraction of sp³-hybridized carbons (Fsp3) is 0.184. The van der Waals surface area contributed by atoms with Gasteiger partial charge in [0.25, 0.3) is 0 Å². The quantitative estimate of drug-likeness (QED) is 0.151. The van der Waals surface area contributed by atoms with Crippen LogP contribution in [0.4, 0.5) is 23.0 Å². The molecule has 0 aliphatic carbocycles. The van der Waals surface area contributed by atoms with Gasteiger partial charge in [-0.3, -0.25) is 0 Å². The first-order valence-electron chi connectivity index (χ1n) is 20.0. The second kappa shape index (κ2) is 17.5. The van der Waals surface area contributed by atoms with Crippen LogP contribution in [0.1, 0.15) is 34.8 Å². The van der Waals surface area contributed by atoms with Crippen LogP contribution in [0.15, 0.2) is 109 Å². The number of thiophene rings is 2. The first-order valence-corrected chi connectivity index (χ1v) is 21.6. The Labute approximate surface area is 392 Å². The van der Waals surface area contributed by atoms with Crippen LogP contribution in [0.3, 0.4) is 0 Å². The summed E-state index contributed by atoms with van der Waals surface area (Å²) in [6, 6.07) is 33.7. The summed E-state index contributed by atoms with van der Waals surface area (Å²) >= 11 is 3.49. The maximum atomic E-state index is 5.49. The first kappa shape index (κ1) is 42.9. The summed E-state index contributed by atoms with van der Waals surface area (Å²) < 4.78 is 17.3. The molecule has 0 bridgehead atoms. The Morgan fingerprint density at radius 3 is 1.65 bits per heavy atom. The Morgan fingerprint density at radius 1 is 0.565 bits per heavy atom. The molecule has 0 aliphatic rings. The van der Waals surface area contributed by atoms with E-state index in [4.69, 9.17) is 19.7 Å². The number of hydrogen-bond donors (Lipinski definition) is 1. The molecule has 0 unspecified atom stereocenters. The van der Waals surface area contributed by atoms with Gasteiger partial charge in [0, 0.05) is 27.8 Å². The fourth-order valence-electron chi connectivity index (χ4n) is 7.38. The third kappa shape index (κ3) is 8.28. The Morgan fingerprint density at radius 2 is 1.10 bits per heavy atom. The zero-order valence-electron chi connectivity index (χ0n) is 37.7. The summed E-state index contributed by atoms with van der Waals surface area (Å²) in [5.41, 5.74) is 13.1. The Hall–Kier alpha value is -5.76. The van der Waals surface area contributed by atoms with Gasteiger partial charge in [0.05, 0.1) is 36.4 Å². The fourth-order valence-corrected chi connectivity index (χ4v) is 9.66. The minimum absolute atomic E-state index is 0. The van der Waals surface area contributed by atoms with Gasteiger partial charge >= 0.3 is 29.6 Å². The molecular weight excluding hydrogens is 820 g/mol. The standard InChI is InChI=1S/C25H24N4OS.C24H22N4OS.Na.H/c1-15-6-7-19(10-16(15)2)28(4)25-9-8-24-26-14-20(29(24)27-25)23-13-18-12-21(30-5)17(3)11-22(18)31-23;1-14-5-6-18(9-15(14)2)26-23-7-8-24-25-13-19(28(24)27-23)22-12-17-11-20(29-4)16(3)10-21(17)30-22;;/h6-14H,1-5H3;5-13H,1-4H3,(H,26,27);;/q;;+1;-1. The van der Waals surface area contributed by atoms with Crippen LogP contribution in [0, 0.1) is 41.5 Å². The van der Waals surface area contributed by atoms with E-state index in [1.54, 1.807) is 36.9 Å². The number of ether oxygens (including phenoxy) is 2. The van der Waals surface area contributed by atoms with Crippen molar-refractivity contribution in [2.45, 2.75) is 41.5 Å². The van der Waals surface area contributed by atoms with Crippen LogP contribution in [0.2, 0.25) is 0 Å². The maximum absolute atomic E-state index is 5.49. The zero-order valence-corrected chi connectivity index (χ0v) is 40.3. The van der Waals surface area contributed by atoms with E-state index >= 15 is 0 Å². The van der Waals surface area contributed by atoms with Crippen LogP contribution in [0.5, 0.6) is 11.5 Å². The minimum atomic E-state index is 0. The Bertz CT molecular complexity index is 3280. The third-order valence-corrected chi connectivity index (χ3v) is 13.5. The van der Waals surface area contributed by atoms with Crippen molar-refractivity contribution in [1.29, 1.82) is 0 Å². The van der Waals surface area contributed by atoms with Gasteiger partial charge < -0.3 is 21.1 Å². The number of nitrogens with zero attached hydrogens (tertiary/aromatic N) is 7. The molecule has 0 amide bonds. The summed E-state index contributed by atoms with van der Waals surface area (Å²) in [4.78, 5) is 13.5. The number of aryl methyl sites for hydroxylation is 6. The van der Waals surface area contributed by atoms with Gasteiger partial charge in [0.15, 0.2) is 22.9 Å². The Balaban J connectivity index is 0.000000183. The maximum Gasteiger partial charge on any atom is 1.00 e. The number of methoxy groups -OCH3 is 2. The Kier molecular flexibility index (Phi) is 12.1. The number of imidazole rings is 2. The molecule has 0 saturated carbocycles. The van der Waals surface area contributed by atoms with E-state index in [1.165, 1.54) is 37.0 Å². The smallest absolute Gasteiger partial charge is 1.00 e. The van der Waals surface area contributed by atoms with Gasteiger partial charge in [-0.15, -0.1) is 32.9 Å². The summed E-state index contributed by atoms with van der Waals surface area (Å²) in [6.45, 7) is 12.6. The summed E-state index contributed by atoms with van der Waals surface area (Å²) in [7, 11) is 5.46. The molecular formula is C49H47N8NaO2S2. The van der Waals surface area contributed by atoms with Crippen molar-refractivity contribution in [1.82, 2.24) is 29.2 Å². The summed E-state index contributed by atoms with van der Waals surface area (Å²) in [5.74, 6) is 3.46. The van der Waals surface area contributed by atoms with Crippen molar-refractivity contribution in [3.8, 4) is 32.6 Å². The second-order valence-electron chi connectivity index (χ2n) is 15.4. The first-order chi connectivity index (χ1) is 29.5. The van der Waals surface area contributed by atoms with Crippen molar-refractivity contribution < 1.29 is 40.5 Å². The van der Waals surface area contributed by atoms with Crippen LogP contribution in [-0.4, -0.2) is 50.5 Å². The monoisotopic (exact) mass is 866 g/mol. The topological polar surface area (TPSA) is 94.1 Å². The third-order valence-electron chi connectivity index (χ3n) is 11.3. The molecule has 10 aromatic rings. The van der Waals surface area contributed by atoms with Gasteiger partial charge in [-0.2, -0.15) is 0 Å². The van der Waals surface area contributed by atoms with Crippen LogP contribution in [-0.2, 0) is 0 Å². The number of rotatable bonds is 8. The van der Waals surface area contributed by atoms with Crippen molar-refractivity contribution in [3.63, 3.8) is 0 Å². The van der Waals surface area contributed by atoms with E-state index in [0.717, 1.165) is 83.5 Å². The predicted molar refractivity (Wildman–Crippen MR) is 254 cm³/mol. The molecule has 10 rings (SSSR count).